The monoisotopic (exact) mass is 291 g/mol. The molecular formula is C14H14FN3OS. The Kier molecular flexibility index (Phi) is 3.84. The molecule has 0 spiro atoms. The number of aromatic nitrogens is 2. The van der Waals surface area contributed by atoms with Crippen LogP contribution in [0.15, 0.2) is 45.8 Å². The van der Waals surface area contributed by atoms with Crippen molar-refractivity contribution < 1.29 is 8.91 Å². The smallest absolute Gasteiger partial charge is 0.233 e. The molecule has 1 heterocycles. The molecule has 3 rings (SSSR count). The van der Waals surface area contributed by atoms with Gasteiger partial charge in [-0.1, -0.05) is 17.3 Å². The van der Waals surface area contributed by atoms with Gasteiger partial charge in [0.05, 0.1) is 11.7 Å². The number of thioether (sulfide) groups is 1. The van der Waals surface area contributed by atoms with Gasteiger partial charge in [-0.2, -0.15) is 4.98 Å². The molecular weight excluding hydrogens is 277 g/mol. The summed E-state index contributed by atoms with van der Waals surface area (Å²) in [6, 6.07) is 6.42. The molecule has 2 unspecified atom stereocenters. The van der Waals surface area contributed by atoms with Crippen LogP contribution in [0.5, 0.6) is 0 Å². The maximum atomic E-state index is 12.8. The van der Waals surface area contributed by atoms with E-state index < -0.39 is 0 Å². The van der Waals surface area contributed by atoms with Crippen molar-refractivity contribution in [3.05, 3.63) is 53.9 Å². The number of allylic oxidation sites excluding steroid dienone is 1. The summed E-state index contributed by atoms with van der Waals surface area (Å²) in [5, 5.41) is 3.96. The quantitative estimate of drug-likeness (QED) is 0.693. The van der Waals surface area contributed by atoms with Gasteiger partial charge >= 0.3 is 0 Å². The largest absolute Gasteiger partial charge is 0.339 e. The molecule has 1 aromatic heterocycles. The van der Waals surface area contributed by atoms with Gasteiger partial charge in [0.15, 0.2) is 5.82 Å². The molecule has 0 amide bonds. The number of nitrogens with two attached hydrogens (primary N) is 1. The molecule has 1 aliphatic rings. The Bertz CT molecular complexity index is 611. The standard InChI is InChI=1S/C14H14FN3OS/c15-10-2-5-12(6-3-10)20-8-13-17-14(19-18-13)9-1-4-11(16)7-9/h1-6,9,11H,7-8,16H2. The second-order valence-electron chi connectivity index (χ2n) is 4.68. The van der Waals surface area contributed by atoms with E-state index in [0.29, 0.717) is 17.5 Å². The summed E-state index contributed by atoms with van der Waals surface area (Å²) < 4.78 is 18.1. The zero-order valence-corrected chi connectivity index (χ0v) is 11.5. The molecule has 4 nitrogen and oxygen atoms in total. The fourth-order valence-electron chi connectivity index (χ4n) is 2.07. The van der Waals surface area contributed by atoms with Gasteiger partial charge in [-0.3, -0.25) is 0 Å². The fourth-order valence-corrected chi connectivity index (χ4v) is 2.81. The highest BCUT2D eigenvalue weighted by Crippen LogP contribution is 2.27. The molecule has 2 atom stereocenters. The van der Waals surface area contributed by atoms with Gasteiger partial charge in [0, 0.05) is 10.9 Å². The molecule has 0 saturated heterocycles. The SMILES string of the molecule is NC1C=CC(c2nc(CSc3ccc(F)cc3)no2)C1. The second kappa shape index (κ2) is 5.76. The van der Waals surface area contributed by atoms with E-state index in [1.54, 1.807) is 23.9 Å². The molecule has 0 bridgehead atoms. The Balaban J connectivity index is 1.60. The van der Waals surface area contributed by atoms with Crippen LogP contribution >= 0.6 is 11.8 Å². The normalized spacial score (nSPS) is 21.5. The minimum atomic E-state index is -0.236. The zero-order chi connectivity index (χ0) is 13.9. The molecule has 104 valence electrons. The van der Waals surface area contributed by atoms with Crippen LogP contribution in [0.4, 0.5) is 4.39 Å². The van der Waals surface area contributed by atoms with Crippen LogP contribution in [-0.4, -0.2) is 16.2 Å². The van der Waals surface area contributed by atoms with Gasteiger partial charge in [-0.15, -0.1) is 11.8 Å². The number of benzene rings is 1. The Labute approximate surface area is 120 Å². The zero-order valence-electron chi connectivity index (χ0n) is 10.7. The third kappa shape index (κ3) is 3.08. The summed E-state index contributed by atoms with van der Waals surface area (Å²) in [5.41, 5.74) is 5.80. The lowest BCUT2D eigenvalue weighted by molar-refractivity contribution is 0.361. The summed E-state index contributed by atoms with van der Waals surface area (Å²) in [6.45, 7) is 0. The van der Waals surface area contributed by atoms with Crippen molar-refractivity contribution in [1.29, 1.82) is 0 Å². The van der Waals surface area contributed by atoms with Crippen LogP contribution in [0.1, 0.15) is 24.1 Å². The predicted molar refractivity (Wildman–Crippen MR) is 74.7 cm³/mol. The lowest BCUT2D eigenvalue weighted by atomic mass is 10.1. The predicted octanol–water partition coefficient (Wildman–Crippen LogP) is 2.87. The van der Waals surface area contributed by atoms with Crippen molar-refractivity contribution >= 4 is 11.8 Å². The summed E-state index contributed by atoms with van der Waals surface area (Å²) in [5.74, 6) is 1.74. The van der Waals surface area contributed by atoms with Crippen LogP contribution in [0.2, 0.25) is 0 Å². The van der Waals surface area contributed by atoms with Gasteiger partial charge < -0.3 is 10.3 Å². The first kappa shape index (κ1) is 13.3. The van der Waals surface area contributed by atoms with Crippen molar-refractivity contribution in [2.24, 2.45) is 5.73 Å². The van der Waals surface area contributed by atoms with Crippen molar-refractivity contribution in [2.75, 3.05) is 0 Å². The Hall–Kier alpha value is -1.66. The first-order chi connectivity index (χ1) is 9.70. The van der Waals surface area contributed by atoms with Gasteiger partial charge in [0.2, 0.25) is 5.89 Å². The highest BCUT2D eigenvalue weighted by Gasteiger charge is 2.22. The summed E-state index contributed by atoms with van der Waals surface area (Å²) in [4.78, 5) is 5.35. The molecule has 0 fully saturated rings. The maximum absolute atomic E-state index is 12.8. The van der Waals surface area contributed by atoms with Gasteiger partial charge in [0.25, 0.3) is 0 Å². The van der Waals surface area contributed by atoms with E-state index in [1.165, 1.54) is 12.1 Å². The third-order valence-electron chi connectivity index (χ3n) is 3.10. The average molecular weight is 291 g/mol. The molecule has 6 heteroatoms. The minimum Gasteiger partial charge on any atom is -0.339 e. The number of rotatable bonds is 4. The molecule has 2 N–H and O–H groups in total. The Morgan fingerprint density at radius 2 is 2.10 bits per heavy atom. The molecule has 0 aliphatic heterocycles. The average Bonchev–Trinajstić information content (AvgIpc) is 3.07. The molecule has 20 heavy (non-hydrogen) atoms. The number of hydrogen-bond donors (Lipinski definition) is 1. The molecule has 0 radical (unpaired) electrons. The number of hydrogen-bond acceptors (Lipinski definition) is 5. The summed E-state index contributed by atoms with van der Waals surface area (Å²) >= 11 is 1.54. The van der Waals surface area contributed by atoms with Gasteiger partial charge in [0.1, 0.15) is 5.82 Å². The fraction of sp³-hybridized carbons (Fsp3) is 0.286. The van der Waals surface area contributed by atoms with E-state index >= 15 is 0 Å². The summed E-state index contributed by atoms with van der Waals surface area (Å²) in [6.07, 6.45) is 4.78. The first-order valence-corrected chi connectivity index (χ1v) is 7.34. The van der Waals surface area contributed by atoms with Crippen LogP contribution in [-0.2, 0) is 5.75 Å². The van der Waals surface area contributed by atoms with E-state index in [9.17, 15) is 4.39 Å². The van der Waals surface area contributed by atoms with Crippen LogP contribution in [0.3, 0.4) is 0 Å². The van der Waals surface area contributed by atoms with Crippen molar-refractivity contribution in [3.63, 3.8) is 0 Å². The van der Waals surface area contributed by atoms with E-state index in [2.05, 4.69) is 10.1 Å². The van der Waals surface area contributed by atoms with Crippen molar-refractivity contribution in [1.82, 2.24) is 10.1 Å². The molecule has 0 saturated carbocycles. The van der Waals surface area contributed by atoms with E-state index in [-0.39, 0.29) is 17.8 Å². The summed E-state index contributed by atoms with van der Waals surface area (Å²) in [7, 11) is 0. The topological polar surface area (TPSA) is 64.9 Å². The van der Waals surface area contributed by atoms with E-state index in [0.717, 1.165) is 11.3 Å². The Morgan fingerprint density at radius 3 is 2.80 bits per heavy atom. The van der Waals surface area contributed by atoms with Gasteiger partial charge in [-0.25, -0.2) is 4.39 Å². The lowest BCUT2D eigenvalue weighted by Crippen LogP contribution is -2.14. The first-order valence-electron chi connectivity index (χ1n) is 6.35. The van der Waals surface area contributed by atoms with Crippen LogP contribution in [0, 0.1) is 5.82 Å². The highest BCUT2D eigenvalue weighted by atomic mass is 32.2. The Morgan fingerprint density at radius 1 is 1.30 bits per heavy atom. The number of nitrogens with zero attached hydrogens (tertiary/aromatic N) is 2. The maximum Gasteiger partial charge on any atom is 0.233 e. The number of halogens is 1. The molecule has 1 aliphatic carbocycles. The van der Waals surface area contributed by atoms with E-state index in [4.69, 9.17) is 10.3 Å². The van der Waals surface area contributed by atoms with E-state index in [1.807, 2.05) is 12.2 Å². The van der Waals surface area contributed by atoms with Gasteiger partial charge in [-0.05, 0) is 30.7 Å². The highest BCUT2D eigenvalue weighted by molar-refractivity contribution is 7.98. The second-order valence-corrected chi connectivity index (χ2v) is 5.73. The van der Waals surface area contributed by atoms with Crippen LogP contribution in [0.25, 0.3) is 0 Å². The van der Waals surface area contributed by atoms with Crippen molar-refractivity contribution in [3.8, 4) is 0 Å². The third-order valence-corrected chi connectivity index (χ3v) is 4.11. The lowest BCUT2D eigenvalue weighted by Gasteiger charge is -2.02. The van der Waals surface area contributed by atoms with Crippen molar-refractivity contribution in [2.45, 2.75) is 29.0 Å². The molecule has 1 aromatic carbocycles. The minimum absolute atomic E-state index is 0.0731. The van der Waals surface area contributed by atoms with Crippen LogP contribution < -0.4 is 5.73 Å². The molecule has 2 aromatic rings.